The maximum absolute atomic E-state index is 12.8. The van der Waals surface area contributed by atoms with Crippen LogP contribution in [0, 0.1) is 5.82 Å². The quantitative estimate of drug-likeness (QED) is 0.762. The molecule has 2 aromatic carbocycles. The molecule has 4 nitrogen and oxygen atoms in total. The Balaban J connectivity index is 2.07. The molecule has 0 heterocycles. The van der Waals surface area contributed by atoms with E-state index in [1.807, 2.05) is 6.07 Å². The summed E-state index contributed by atoms with van der Waals surface area (Å²) in [7, 11) is -3.42. The van der Waals surface area contributed by atoms with Gasteiger partial charge >= 0.3 is 0 Å². The van der Waals surface area contributed by atoms with Crippen molar-refractivity contribution in [1.82, 2.24) is 0 Å². The van der Waals surface area contributed by atoms with Crippen LogP contribution in [0.15, 0.2) is 53.0 Å². The molecule has 0 atom stereocenters. The summed E-state index contributed by atoms with van der Waals surface area (Å²) >= 11 is 3.32. The molecule has 2 rings (SSSR count). The van der Waals surface area contributed by atoms with Gasteiger partial charge < -0.3 is 4.74 Å². The second-order valence-corrected chi connectivity index (χ2v) is 7.44. The molecule has 0 N–H and O–H groups in total. The average molecular weight is 388 g/mol. The van der Waals surface area contributed by atoms with Gasteiger partial charge in [0, 0.05) is 4.47 Å². The van der Waals surface area contributed by atoms with Gasteiger partial charge in [-0.1, -0.05) is 22.0 Å². The number of benzene rings is 2. The zero-order valence-electron chi connectivity index (χ0n) is 11.9. The van der Waals surface area contributed by atoms with Crippen LogP contribution in [0.1, 0.15) is 0 Å². The van der Waals surface area contributed by atoms with E-state index in [9.17, 15) is 12.8 Å². The smallest absolute Gasteiger partial charge is 0.232 e. The summed E-state index contributed by atoms with van der Waals surface area (Å²) in [5.41, 5.74) is 0.555. The van der Waals surface area contributed by atoms with Crippen molar-refractivity contribution in [3.63, 3.8) is 0 Å². The van der Waals surface area contributed by atoms with E-state index in [-0.39, 0.29) is 19.0 Å². The first-order valence-corrected chi connectivity index (χ1v) is 9.12. The molecule has 0 unspecified atom stereocenters. The van der Waals surface area contributed by atoms with E-state index in [1.165, 1.54) is 28.6 Å². The third-order valence-electron chi connectivity index (χ3n) is 2.87. The lowest BCUT2D eigenvalue weighted by molar-refractivity contribution is 0.328. The van der Waals surface area contributed by atoms with Gasteiger partial charge in [-0.2, -0.15) is 0 Å². The molecule has 118 valence electrons. The van der Waals surface area contributed by atoms with Gasteiger partial charge in [0.1, 0.15) is 18.2 Å². The van der Waals surface area contributed by atoms with Gasteiger partial charge in [-0.3, -0.25) is 4.31 Å². The van der Waals surface area contributed by atoms with Crippen LogP contribution in [0.25, 0.3) is 0 Å². The Kier molecular flexibility index (Phi) is 5.42. The van der Waals surface area contributed by atoms with E-state index >= 15 is 0 Å². The summed E-state index contributed by atoms with van der Waals surface area (Å²) in [5, 5.41) is 0. The largest absolute Gasteiger partial charge is 0.492 e. The van der Waals surface area contributed by atoms with Crippen molar-refractivity contribution in [3.05, 3.63) is 58.8 Å². The van der Waals surface area contributed by atoms with E-state index in [0.717, 1.165) is 10.7 Å². The number of sulfonamides is 1. The van der Waals surface area contributed by atoms with E-state index in [0.29, 0.717) is 11.4 Å². The highest BCUT2D eigenvalue weighted by Gasteiger charge is 2.17. The van der Waals surface area contributed by atoms with Crippen LogP contribution in [0.2, 0.25) is 0 Å². The van der Waals surface area contributed by atoms with Gasteiger partial charge in [-0.05, 0) is 42.5 Å². The van der Waals surface area contributed by atoms with Gasteiger partial charge in [-0.15, -0.1) is 0 Å². The van der Waals surface area contributed by atoms with Crippen molar-refractivity contribution < 1.29 is 17.5 Å². The number of hydrogen-bond acceptors (Lipinski definition) is 3. The summed E-state index contributed by atoms with van der Waals surface area (Å²) < 4.78 is 44.2. The third-order valence-corrected chi connectivity index (χ3v) is 4.56. The van der Waals surface area contributed by atoms with E-state index in [2.05, 4.69) is 15.9 Å². The van der Waals surface area contributed by atoms with Gasteiger partial charge in [0.15, 0.2) is 0 Å². The fraction of sp³-hybridized carbons (Fsp3) is 0.200. The topological polar surface area (TPSA) is 46.6 Å². The highest BCUT2D eigenvalue weighted by molar-refractivity contribution is 9.10. The number of ether oxygens (including phenoxy) is 1. The molecule has 2 aromatic rings. The van der Waals surface area contributed by atoms with Crippen molar-refractivity contribution in [2.45, 2.75) is 0 Å². The molecular weight excluding hydrogens is 373 g/mol. The Labute approximate surface area is 137 Å². The third kappa shape index (κ3) is 4.71. The summed E-state index contributed by atoms with van der Waals surface area (Å²) in [4.78, 5) is 0. The highest BCUT2D eigenvalue weighted by atomic mass is 79.9. The van der Waals surface area contributed by atoms with Crippen molar-refractivity contribution >= 4 is 31.6 Å². The number of hydrogen-bond donors (Lipinski definition) is 0. The van der Waals surface area contributed by atoms with E-state index in [1.54, 1.807) is 18.2 Å². The van der Waals surface area contributed by atoms with Crippen molar-refractivity contribution in [2.75, 3.05) is 23.7 Å². The molecule has 0 aromatic heterocycles. The van der Waals surface area contributed by atoms with E-state index < -0.39 is 10.0 Å². The molecule has 0 aliphatic heterocycles. The number of anilines is 1. The van der Waals surface area contributed by atoms with Crippen LogP contribution in [-0.2, 0) is 10.0 Å². The standard InChI is InChI=1S/C15H15BrFNO3S/c1-22(19,20)18(14-4-2-3-12(16)11-14)9-10-21-15-7-5-13(17)6-8-15/h2-8,11H,9-10H2,1H3. The molecule has 0 saturated heterocycles. The van der Waals surface area contributed by atoms with Crippen LogP contribution in [0.4, 0.5) is 10.1 Å². The highest BCUT2D eigenvalue weighted by Crippen LogP contribution is 2.22. The lowest BCUT2D eigenvalue weighted by Crippen LogP contribution is -2.33. The first kappa shape index (κ1) is 16.8. The molecule has 0 bridgehead atoms. The zero-order chi connectivity index (χ0) is 16.2. The molecule has 0 spiro atoms. The van der Waals surface area contributed by atoms with Gasteiger partial charge in [-0.25, -0.2) is 12.8 Å². The number of halogens is 2. The molecule has 0 fully saturated rings. The number of rotatable bonds is 6. The van der Waals surface area contributed by atoms with Gasteiger partial charge in [0.2, 0.25) is 10.0 Å². The molecule has 0 amide bonds. The summed E-state index contributed by atoms with van der Waals surface area (Å²) in [5.74, 6) is 0.142. The minimum absolute atomic E-state index is 0.158. The Bertz CT molecular complexity index is 735. The maximum Gasteiger partial charge on any atom is 0.232 e. The second-order valence-electron chi connectivity index (χ2n) is 4.62. The number of nitrogens with zero attached hydrogens (tertiary/aromatic N) is 1. The predicted octanol–water partition coefficient (Wildman–Crippen LogP) is 3.43. The van der Waals surface area contributed by atoms with Crippen molar-refractivity contribution in [1.29, 1.82) is 0 Å². The van der Waals surface area contributed by atoms with Crippen LogP contribution in [-0.4, -0.2) is 27.8 Å². The first-order valence-electron chi connectivity index (χ1n) is 6.48. The Morgan fingerprint density at radius 1 is 1.18 bits per heavy atom. The lowest BCUT2D eigenvalue weighted by Gasteiger charge is -2.22. The molecule has 0 aliphatic carbocycles. The summed E-state index contributed by atoms with van der Waals surface area (Å²) in [6.45, 7) is 0.317. The van der Waals surface area contributed by atoms with Crippen LogP contribution in [0.5, 0.6) is 5.75 Å². The molecule has 0 aliphatic rings. The SMILES string of the molecule is CS(=O)(=O)N(CCOc1ccc(F)cc1)c1cccc(Br)c1. The Morgan fingerprint density at radius 3 is 2.45 bits per heavy atom. The molecule has 7 heteroatoms. The van der Waals surface area contributed by atoms with Gasteiger partial charge in [0.05, 0.1) is 18.5 Å². The maximum atomic E-state index is 12.8. The van der Waals surface area contributed by atoms with Crippen molar-refractivity contribution in [3.8, 4) is 5.75 Å². The van der Waals surface area contributed by atoms with Crippen molar-refractivity contribution in [2.24, 2.45) is 0 Å². The second kappa shape index (κ2) is 7.11. The minimum Gasteiger partial charge on any atom is -0.492 e. The molecule has 22 heavy (non-hydrogen) atoms. The molecular formula is C15H15BrFNO3S. The summed E-state index contributed by atoms with van der Waals surface area (Å²) in [6.07, 6.45) is 1.14. The van der Waals surface area contributed by atoms with Crippen LogP contribution < -0.4 is 9.04 Å². The fourth-order valence-corrected chi connectivity index (χ4v) is 3.18. The fourth-order valence-electron chi connectivity index (χ4n) is 1.89. The first-order chi connectivity index (χ1) is 10.4. The molecule has 0 saturated carbocycles. The lowest BCUT2D eigenvalue weighted by atomic mass is 10.3. The van der Waals surface area contributed by atoms with E-state index in [4.69, 9.17) is 4.74 Å². The average Bonchev–Trinajstić information content (AvgIpc) is 2.44. The predicted molar refractivity (Wildman–Crippen MR) is 88.2 cm³/mol. The summed E-state index contributed by atoms with van der Waals surface area (Å²) in [6, 6.07) is 12.6. The minimum atomic E-state index is -3.42. The molecule has 0 radical (unpaired) electrons. The Hall–Kier alpha value is -1.60. The monoisotopic (exact) mass is 387 g/mol. The van der Waals surface area contributed by atoms with Crippen LogP contribution >= 0.6 is 15.9 Å². The Morgan fingerprint density at radius 2 is 1.86 bits per heavy atom. The zero-order valence-corrected chi connectivity index (χ0v) is 14.3. The van der Waals surface area contributed by atoms with Gasteiger partial charge in [0.25, 0.3) is 0 Å². The van der Waals surface area contributed by atoms with Crippen LogP contribution in [0.3, 0.4) is 0 Å². The normalized spacial score (nSPS) is 11.2.